The molecule has 0 aliphatic heterocycles. The van der Waals surface area contributed by atoms with Crippen LogP contribution in [0.25, 0.3) is 0 Å². The van der Waals surface area contributed by atoms with Crippen LogP contribution in [0, 0.1) is 19.3 Å². The minimum atomic E-state index is 0.106. The van der Waals surface area contributed by atoms with Gasteiger partial charge in [-0.15, -0.1) is 6.42 Å². The molecule has 112 valence electrons. The molecule has 0 fully saturated rings. The Bertz CT molecular complexity index is 740. The molecule has 2 aromatic rings. The van der Waals surface area contributed by atoms with Crippen molar-refractivity contribution in [3.05, 3.63) is 56.5 Å². The van der Waals surface area contributed by atoms with Gasteiger partial charge in [-0.25, -0.2) is 0 Å². The number of nitrogens with zero attached hydrogens (tertiary/aromatic N) is 1. The van der Waals surface area contributed by atoms with Crippen LogP contribution in [0.1, 0.15) is 11.1 Å². The van der Waals surface area contributed by atoms with Crippen molar-refractivity contribution in [2.45, 2.75) is 6.92 Å². The van der Waals surface area contributed by atoms with Crippen LogP contribution in [0.5, 0.6) is 5.75 Å². The van der Waals surface area contributed by atoms with Crippen molar-refractivity contribution in [1.29, 1.82) is 0 Å². The molecule has 0 amide bonds. The number of benzene rings is 2. The Morgan fingerprint density at radius 2 is 1.86 bits per heavy atom. The lowest BCUT2D eigenvalue weighted by Gasteiger charge is -2.08. The fourth-order valence-electron chi connectivity index (χ4n) is 1.77. The number of ether oxygens (including phenoxy) is 1. The van der Waals surface area contributed by atoms with E-state index >= 15 is 0 Å². The van der Waals surface area contributed by atoms with Crippen molar-refractivity contribution >= 4 is 46.7 Å². The highest BCUT2D eigenvalue weighted by Crippen LogP contribution is 2.34. The molecule has 0 aliphatic rings. The number of halogens is 3. The summed E-state index contributed by atoms with van der Waals surface area (Å²) in [7, 11) is 0. The van der Waals surface area contributed by atoms with E-state index < -0.39 is 0 Å². The van der Waals surface area contributed by atoms with Gasteiger partial charge in [-0.1, -0.05) is 46.8 Å². The summed E-state index contributed by atoms with van der Waals surface area (Å²) in [6.07, 6.45) is 6.82. The number of aryl methyl sites for hydroxylation is 1. The molecular formula is C17H12Cl3NO. The SMILES string of the molecule is C#CCOc1c(Cl)cc(C=Nc2cc(Cl)ccc2C)cc1Cl. The Hall–Kier alpha value is -1.66. The Labute approximate surface area is 144 Å². The van der Waals surface area contributed by atoms with Gasteiger partial charge < -0.3 is 4.74 Å². The molecule has 0 N–H and O–H groups in total. The third-order valence-electron chi connectivity index (χ3n) is 2.84. The normalized spacial score (nSPS) is 10.7. The highest BCUT2D eigenvalue weighted by Gasteiger charge is 2.08. The average Bonchev–Trinajstić information content (AvgIpc) is 2.47. The van der Waals surface area contributed by atoms with E-state index in [1.165, 1.54) is 0 Å². The van der Waals surface area contributed by atoms with E-state index in [2.05, 4.69) is 10.9 Å². The molecule has 0 radical (unpaired) electrons. The highest BCUT2D eigenvalue weighted by molar-refractivity contribution is 6.37. The van der Waals surface area contributed by atoms with Crippen LogP contribution >= 0.6 is 34.8 Å². The fraction of sp³-hybridized carbons (Fsp3) is 0.118. The van der Waals surface area contributed by atoms with Crippen LogP contribution < -0.4 is 4.74 Å². The topological polar surface area (TPSA) is 21.6 Å². The first-order chi connectivity index (χ1) is 10.5. The molecule has 0 aliphatic carbocycles. The van der Waals surface area contributed by atoms with Crippen molar-refractivity contribution in [3.63, 3.8) is 0 Å². The van der Waals surface area contributed by atoms with Gasteiger partial charge in [-0.3, -0.25) is 4.99 Å². The molecule has 2 nitrogen and oxygen atoms in total. The van der Waals surface area contributed by atoms with Crippen LogP contribution in [0.15, 0.2) is 35.3 Å². The number of hydrogen-bond donors (Lipinski definition) is 0. The molecule has 22 heavy (non-hydrogen) atoms. The van der Waals surface area contributed by atoms with Gasteiger partial charge in [0.25, 0.3) is 0 Å². The molecule has 2 aromatic carbocycles. The quantitative estimate of drug-likeness (QED) is 0.509. The van der Waals surface area contributed by atoms with E-state index in [0.29, 0.717) is 20.8 Å². The van der Waals surface area contributed by atoms with Gasteiger partial charge in [0.2, 0.25) is 0 Å². The summed E-state index contributed by atoms with van der Waals surface area (Å²) in [6.45, 7) is 2.06. The van der Waals surface area contributed by atoms with Gasteiger partial charge in [0.15, 0.2) is 5.75 Å². The number of terminal acetylenes is 1. The third-order valence-corrected chi connectivity index (χ3v) is 3.64. The number of rotatable bonds is 4. The largest absolute Gasteiger partial charge is 0.478 e. The van der Waals surface area contributed by atoms with Gasteiger partial charge in [0.05, 0.1) is 15.7 Å². The van der Waals surface area contributed by atoms with Gasteiger partial charge in [0, 0.05) is 11.2 Å². The Morgan fingerprint density at radius 1 is 1.18 bits per heavy atom. The molecule has 2 rings (SSSR count). The Kier molecular flexibility index (Phi) is 5.74. The van der Waals surface area contributed by atoms with Crippen LogP contribution in [0.3, 0.4) is 0 Å². The maximum Gasteiger partial charge on any atom is 0.157 e. The second-order valence-corrected chi connectivity index (χ2v) is 5.75. The lowest BCUT2D eigenvalue weighted by Crippen LogP contribution is -1.96. The zero-order chi connectivity index (χ0) is 16.1. The van der Waals surface area contributed by atoms with E-state index in [1.807, 2.05) is 19.1 Å². The van der Waals surface area contributed by atoms with Crippen LogP contribution in [0.4, 0.5) is 5.69 Å². The van der Waals surface area contributed by atoms with Gasteiger partial charge in [0.1, 0.15) is 6.61 Å². The molecular weight excluding hydrogens is 341 g/mol. The molecule has 0 aromatic heterocycles. The lowest BCUT2D eigenvalue weighted by atomic mass is 10.2. The van der Waals surface area contributed by atoms with E-state index in [9.17, 15) is 0 Å². The Balaban J connectivity index is 2.29. The molecule has 0 atom stereocenters. The molecule has 0 heterocycles. The van der Waals surface area contributed by atoms with E-state index in [1.54, 1.807) is 24.4 Å². The summed E-state index contributed by atoms with van der Waals surface area (Å²) in [6, 6.07) is 8.94. The van der Waals surface area contributed by atoms with Crippen molar-refractivity contribution in [2.75, 3.05) is 6.61 Å². The van der Waals surface area contributed by atoms with E-state index in [-0.39, 0.29) is 6.61 Å². The molecule has 0 spiro atoms. The smallest absolute Gasteiger partial charge is 0.157 e. The highest BCUT2D eigenvalue weighted by atomic mass is 35.5. The predicted molar refractivity (Wildman–Crippen MR) is 94.2 cm³/mol. The predicted octanol–water partition coefficient (Wildman–Crippen LogP) is 5.72. The zero-order valence-electron chi connectivity index (χ0n) is 11.7. The lowest BCUT2D eigenvalue weighted by molar-refractivity contribution is 0.371. The van der Waals surface area contributed by atoms with Crippen molar-refractivity contribution in [2.24, 2.45) is 4.99 Å². The summed E-state index contributed by atoms with van der Waals surface area (Å²) >= 11 is 18.3. The first kappa shape index (κ1) is 16.7. The maximum atomic E-state index is 6.15. The van der Waals surface area contributed by atoms with Gasteiger partial charge >= 0.3 is 0 Å². The Morgan fingerprint density at radius 3 is 2.50 bits per heavy atom. The zero-order valence-corrected chi connectivity index (χ0v) is 14.0. The molecule has 0 unspecified atom stereocenters. The first-order valence-electron chi connectivity index (χ1n) is 6.37. The fourth-order valence-corrected chi connectivity index (χ4v) is 2.55. The minimum Gasteiger partial charge on any atom is -0.478 e. The standard InChI is InChI=1S/C17H12Cl3NO/c1-3-6-22-17-14(19)7-12(8-15(17)20)10-21-16-9-13(18)5-4-11(16)2/h1,4-5,7-10H,6H2,2H3. The second-order valence-electron chi connectivity index (χ2n) is 4.50. The molecule has 5 heteroatoms. The van der Waals surface area contributed by atoms with Gasteiger partial charge in [-0.2, -0.15) is 0 Å². The average molecular weight is 353 g/mol. The molecule has 0 bridgehead atoms. The summed E-state index contributed by atoms with van der Waals surface area (Å²) in [5.41, 5.74) is 2.56. The minimum absolute atomic E-state index is 0.106. The molecule has 0 saturated carbocycles. The number of aliphatic imine (C=N–C) groups is 1. The van der Waals surface area contributed by atoms with Crippen LogP contribution in [-0.2, 0) is 0 Å². The maximum absolute atomic E-state index is 6.15. The summed E-state index contributed by atoms with van der Waals surface area (Å²) in [5.74, 6) is 2.74. The van der Waals surface area contributed by atoms with E-state index in [0.717, 1.165) is 16.8 Å². The van der Waals surface area contributed by atoms with Gasteiger partial charge in [-0.05, 0) is 42.3 Å². The summed E-state index contributed by atoms with van der Waals surface area (Å²) < 4.78 is 5.31. The monoisotopic (exact) mass is 351 g/mol. The van der Waals surface area contributed by atoms with E-state index in [4.69, 9.17) is 46.0 Å². The van der Waals surface area contributed by atoms with Crippen molar-refractivity contribution in [1.82, 2.24) is 0 Å². The first-order valence-corrected chi connectivity index (χ1v) is 7.50. The van der Waals surface area contributed by atoms with Crippen molar-refractivity contribution in [3.8, 4) is 18.1 Å². The van der Waals surface area contributed by atoms with Crippen LogP contribution in [-0.4, -0.2) is 12.8 Å². The summed E-state index contributed by atoms with van der Waals surface area (Å²) in [5, 5.41) is 1.39. The second kappa shape index (κ2) is 7.56. The summed E-state index contributed by atoms with van der Waals surface area (Å²) in [4.78, 5) is 4.41. The molecule has 0 saturated heterocycles. The van der Waals surface area contributed by atoms with Crippen LogP contribution in [0.2, 0.25) is 15.1 Å². The third kappa shape index (κ3) is 4.18. The number of hydrogen-bond acceptors (Lipinski definition) is 2. The van der Waals surface area contributed by atoms with Crippen molar-refractivity contribution < 1.29 is 4.74 Å².